The largest absolute Gasteiger partial charge is 0.476 e. The predicted octanol–water partition coefficient (Wildman–Crippen LogP) is 2.02. The zero-order valence-corrected chi connectivity index (χ0v) is 11.9. The minimum Gasteiger partial charge on any atom is -0.476 e. The first-order valence-electron chi connectivity index (χ1n) is 5.71. The van der Waals surface area contributed by atoms with Crippen LogP contribution in [-0.2, 0) is 4.74 Å². The van der Waals surface area contributed by atoms with Crippen molar-refractivity contribution in [3.8, 4) is 5.88 Å². The molecule has 6 nitrogen and oxygen atoms in total. The van der Waals surface area contributed by atoms with Crippen molar-refractivity contribution in [3.63, 3.8) is 0 Å². The van der Waals surface area contributed by atoms with Crippen molar-refractivity contribution >= 4 is 17.4 Å². The van der Waals surface area contributed by atoms with Gasteiger partial charge in [0.15, 0.2) is 5.84 Å². The standard InChI is InChI=1S/C12H18ClN3O3/c1-12(2,18-3)5-7-19-11-9(13)8(4-6-15-11)10(14)16-17/h4,6,17H,5,7H2,1-3H3,(H2,14,16). The van der Waals surface area contributed by atoms with Gasteiger partial charge < -0.3 is 20.4 Å². The summed E-state index contributed by atoms with van der Waals surface area (Å²) in [4.78, 5) is 4.01. The van der Waals surface area contributed by atoms with Crippen molar-refractivity contribution in [3.05, 3.63) is 22.8 Å². The van der Waals surface area contributed by atoms with Crippen LogP contribution in [0.3, 0.4) is 0 Å². The Kier molecular flexibility index (Phi) is 5.38. The molecular formula is C12H18ClN3O3. The zero-order valence-electron chi connectivity index (χ0n) is 11.2. The fourth-order valence-electron chi connectivity index (χ4n) is 1.27. The molecule has 1 aromatic heterocycles. The van der Waals surface area contributed by atoms with Crippen molar-refractivity contribution in [1.82, 2.24) is 4.98 Å². The summed E-state index contributed by atoms with van der Waals surface area (Å²) in [5.41, 5.74) is 5.59. The first-order chi connectivity index (χ1) is 8.91. The average molecular weight is 288 g/mol. The summed E-state index contributed by atoms with van der Waals surface area (Å²) in [6.07, 6.45) is 2.16. The molecule has 1 aromatic rings. The third-order valence-electron chi connectivity index (χ3n) is 2.74. The van der Waals surface area contributed by atoms with Crippen molar-refractivity contribution in [2.24, 2.45) is 10.9 Å². The van der Waals surface area contributed by atoms with E-state index in [1.807, 2.05) is 13.8 Å². The number of ether oxygens (including phenoxy) is 2. The Balaban J connectivity index is 2.75. The van der Waals surface area contributed by atoms with Crippen molar-refractivity contribution < 1.29 is 14.7 Å². The van der Waals surface area contributed by atoms with Gasteiger partial charge in [0, 0.05) is 25.3 Å². The van der Waals surface area contributed by atoms with Crippen LogP contribution in [0.15, 0.2) is 17.4 Å². The van der Waals surface area contributed by atoms with Gasteiger partial charge in [0.25, 0.3) is 0 Å². The van der Waals surface area contributed by atoms with Gasteiger partial charge in [-0.1, -0.05) is 16.8 Å². The van der Waals surface area contributed by atoms with E-state index in [0.29, 0.717) is 18.6 Å². The van der Waals surface area contributed by atoms with E-state index in [9.17, 15) is 0 Å². The SMILES string of the molecule is COC(C)(C)CCOc1nccc(/C(N)=N/O)c1Cl. The number of rotatable bonds is 6. The zero-order chi connectivity index (χ0) is 14.5. The van der Waals surface area contributed by atoms with E-state index in [0.717, 1.165) is 0 Å². The molecule has 0 radical (unpaired) electrons. The monoisotopic (exact) mass is 287 g/mol. The maximum absolute atomic E-state index is 8.64. The van der Waals surface area contributed by atoms with Crippen molar-refractivity contribution in [2.45, 2.75) is 25.9 Å². The van der Waals surface area contributed by atoms with Crippen LogP contribution in [0.5, 0.6) is 5.88 Å². The van der Waals surface area contributed by atoms with Crippen molar-refractivity contribution in [2.75, 3.05) is 13.7 Å². The lowest BCUT2D eigenvalue weighted by atomic mass is 10.1. The van der Waals surface area contributed by atoms with E-state index in [1.165, 1.54) is 6.20 Å². The second-order valence-corrected chi connectivity index (χ2v) is 4.90. The Hall–Kier alpha value is -1.53. The molecule has 1 heterocycles. The van der Waals surface area contributed by atoms with Gasteiger partial charge in [-0.2, -0.15) is 0 Å². The van der Waals surface area contributed by atoms with E-state index in [4.69, 9.17) is 32.0 Å². The molecule has 3 N–H and O–H groups in total. The molecule has 0 bridgehead atoms. The normalized spacial score (nSPS) is 12.5. The highest BCUT2D eigenvalue weighted by Gasteiger charge is 2.17. The van der Waals surface area contributed by atoms with Gasteiger partial charge in [-0.3, -0.25) is 0 Å². The van der Waals surface area contributed by atoms with Gasteiger partial charge in [0.1, 0.15) is 5.02 Å². The van der Waals surface area contributed by atoms with Crippen LogP contribution < -0.4 is 10.5 Å². The van der Waals surface area contributed by atoms with Gasteiger partial charge in [-0.05, 0) is 19.9 Å². The molecule has 0 aromatic carbocycles. The second-order valence-electron chi connectivity index (χ2n) is 4.53. The molecule has 7 heteroatoms. The van der Waals surface area contributed by atoms with E-state index < -0.39 is 0 Å². The molecule has 1 rings (SSSR count). The quantitative estimate of drug-likeness (QED) is 0.361. The summed E-state index contributed by atoms with van der Waals surface area (Å²) in [6.45, 7) is 4.31. The molecule has 0 amide bonds. The first kappa shape index (κ1) is 15.5. The average Bonchev–Trinajstić information content (AvgIpc) is 2.40. The molecule has 0 aliphatic rings. The lowest BCUT2D eigenvalue weighted by Gasteiger charge is -2.22. The number of nitrogens with zero attached hydrogens (tertiary/aromatic N) is 2. The number of halogens is 1. The molecule has 0 fully saturated rings. The molecule has 0 aliphatic carbocycles. The summed E-state index contributed by atoms with van der Waals surface area (Å²) in [5, 5.41) is 11.8. The van der Waals surface area contributed by atoms with E-state index in [-0.39, 0.29) is 22.3 Å². The van der Waals surface area contributed by atoms with Crippen LogP contribution in [0.25, 0.3) is 0 Å². The summed E-state index contributed by atoms with van der Waals surface area (Å²) in [6, 6.07) is 1.54. The third-order valence-corrected chi connectivity index (χ3v) is 3.10. The van der Waals surface area contributed by atoms with Crippen LogP contribution in [0.1, 0.15) is 25.8 Å². The van der Waals surface area contributed by atoms with Crippen LogP contribution >= 0.6 is 11.6 Å². The number of amidine groups is 1. The molecule has 19 heavy (non-hydrogen) atoms. The van der Waals surface area contributed by atoms with Gasteiger partial charge in [-0.25, -0.2) is 4.98 Å². The Morgan fingerprint density at radius 3 is 2.84 bits per heavy atom. The first-order valence-corrected chi connectivity index (χ1v) is 6.09. The highest BCUT2D eigenvalue weighted by Crippen LogP contribution is 2.26. The number of aromatic nitrogens is 1. The van der Waals surface area contributed by atoms with Crippen LogP contribution in [0.2, 0.25) is 5.02 Å². The number of methoxy groups -OCH3 is 1. The van der Waals surface area contributed by atoms with Crippen LogP contribution in [-0.4, -0.2) is 35.3 Å². The van der Waals surface area contributed by atoms with Gasteiger partial charge >= 0.3 is 0 Å². The number of hydrogen-bond donors (Lipinski definition) is 2. The van der Waals surface area contributed by atoms with E-state index in [1.54, 1.807) is 13.2 Å². The number of hydrogen-bond acceptors (Lipinski definition) is 5. The third kappa shape index (κ3) is 4.25. The summed E-state index contributed by atoms with van der Waals surface area (Å²) >= 11 is 6.08. The minimum atomic E-state index is -0.282. The van der Waals surface area contributed by atoms with Crippen LogP contribution in [0, 0.1) is 0 Å². The van der Waals surface area contributed by atoms with Gasteiger partial charge in [-0.15, -0.1) is 0 Å². The molecular weight excluding hydrogens is 270 g/mol. The molecule has 0 atom stereocenters. The number of pyridine rings is 1. The molecule has 0 spiro atoms. The van der Waals surface area contributed by atoms with Gasteiger partial charge in [0.2, 0.25) is 5.88 Å². The van der Waals surface area contributed by atoms with E-state index in [2.05, 4.69) is 10.1 Å². The number of nitrogens with two attached hydrogens (primary N) is 1. The highest BCUT2D eigenvalue weighted by molar-refractivity contribution is 6.35. The molecule has 106 valence electrons. The summed E-state index contributed by atoms with van der Waals surface area (Å²) in [7, 11) is 1.64. The maximum atomic E-state index is 8.64. The van der Waals surface area contributed by atoms with Crippen LogP contribution in [0.4, 0.5) is 0 Å². The summed E-state index contributed by atoms with van der Waals surface area (Å²) < 4.78 is 10.8. The predicted molar refractivity (Wildman–Crippen MR) is 73.0 cm³/mol. The Morgan fingerprint density at radius 2 is 2.26 bits per heavy atom. The lowest BCUT2D eigenvalue weighted by Crippen LogP contribution is -2.25. The Labute approximate surface area is 117 Å². The van der Waals surface area contributed by atoms with Gasteiger partial charge in [0.05, 0.1) is 12.2 Å². The fourth-order valence-corrected chi connectivity index (χ4v) is 1.54. The molecule has 0 saturated carbocycles. The lowest BCUT2D eigenvalue weighted by molar-refractivity contribution is 0.00509. The van der Waals surface area contributed by atoms with Crippen molar-refractivity contribution in [1.29, 1.82) is 0 Å². The molecule has 0 aliphatic heterocycles. The maximum Gasteiger partial charge on any atom is 0.233 e. The smallest absolute Gasteiger partial charge is 0.233 e. The minimum absolute atomic E-state index is 0.0885. The fraction of sp³-hybridized carbons (Fsp3) is 0.500. The number of oxime groups is 1. The Bertz CT molecular complexity index is 464. The summed E-state index contributed by atoms with van der Waals surface area (Å²) in [5.74, 6) is 0.159. The Morgan fingerprint density at radius 1 is 1.58 bits per heavy atom. The highest BCUT2D eigenvalue weighted by atomic mass is 35.5. The molecule has 0 unspecified atom stereocenters. The molecule has 0 saturated heterocycles. The second kappa shape index (κ2) is 6.58. The topological polar surface area (TPSA) is 90.0 Å². The van der Waals surface area contributed by atoms with E-state index >= 15 is 0 Å².